The van der Waals surface area contributed by atoms with Crippen LogP contribution in [0.25, 0.3) is 0 Å². The van der Waals surface area contributed by atoms with E-state index < -0.39 is 35.9 Å². The maximum absolute atomic E-state index is 11.8. The minimum absolute atomic E-state index is 0.131. The van der Waals surface area contributed by atoms with Crippen molar-refractivity contribution in [2.75, 3.05) is 0 Å². The number of aliphatic carboxylic acids is 1. The van der Waals surface area contributed by atoms with E-state index in [2.05, 4.69) is 5.32 Å². The summed E-state index contributed by atoms with van der Waals surface area (Å²) in [5.74, 6) is -3.21. The molecular weight excluding hydrogens is 290 g/mol. The van der Waals surface area contributed by atoms with E-state index in [1.807, 2.05) is 0 Å². The smallest absolute Gasteiger partial charge is 0.332 e. The number of carboxylic acids is 1. The summed E-state index contributed by atoms with van der Waals surface area (Å²) in [6.07, 6.45) is -0.0883. The zero-order valence-electron chi connectivity index (χ0n) is 13.5. The van der Waals surface area contributed by atoms with E-state index in [1.165, 1.54) is 6.92 Å². The van der Waals surface area contributed by atoms with Crippen molar-refractivity contribution in [2.24, 2.45) is 5.92 Å². The molecule has 1 atom stereocenters. The van der Waals surface area contributed by atoms with Crippen molar-refractivity contribution in [2.45, 2.75) is 53.2 Å². The molecule has 0 spiro atoms. The second-order valence-corrected chi connectivity index (χ2v) is 5.53. The molecule has 1 unspecified atom stereocenters. The molecule has 0 rings (SSSR count). The van der Waals surface area contributed by atoms with Crippen LogP contribution in [0.2, 0.25) is 0 Å². The number of carbonyl (C=O) groups is 4. The normalized spacial score (nSPS) is 13.0. The zero-order chi connectivity index (χ0) is 17.4. The van der Waals surface area contributed by atoms with Gasteiger partial charge in [0.15, 0.2) is 5.78 Å². The summed E-state index contributed by atoms with van der Waals surface area (Å²) < 4.78 is 4.84. The van der Waals surface area contributed by atoms with E-state index in [1.54, 1.807) is 27.7 Å². The predicted molar refractivity (Wildman–Crippen MR) is 79.0 cm³/mol. The SMILES string of the molecule is CC(=O)C(NC(=O)/C=C(/CC(=O)OC(C)C)C(=O)O)C(C)C. The second kappa shape index (κ2) is 8.96. The molecule has 0 saturated carbocycles. The number of hydrogen-bond donors (Lipinski definition) is 2. The molecule has 0 fully saturated rings. The van der Waals surface area contributed by atoms with Gasteiger partial charge in [0.05, 0.1) is 24.1 Å². The van der Waals surface area contributed by atoms with Gasteiger partial charge in [-0.1, -0.05) is 13.8 Å². The molecular formula is C15H23NO6. The van der Waals surface area contributed by atoms with Crippen molar-refractivity contribution in [1.29, 1.82) is 0 Å². The van der Waals surface area contributed by atoms with Gasteiger partial charge in [-0.3, -0.25) is 14.4 Å². The van der Waals surface area contributed by atoms with Crippen molar-refractivity contribution < 1.29 is 29.0 Å². The average Bonchev–Trinajstić information content (AvgIpc) is 2.33. The molecule has 0 aromatic heterocycles. The molecule has 0 aliphatic heterocycles. The highest BCUT2D eigenvalue weighted by atomic mass is 16.5. The van der Waals surface area contributed by atoms with Crippen LogP contribution in [0, 0.1) is 5.92 Å². The summed E-state index contributed by atoms with van der Waals surface area (Å²) in [5, 5.41) is 11.5. The highest BCUT2D eigenvalue weighted by molar-refractivity contribution is 6.01. The van der Waals surface area contributed by atoms with Gasteiger partial charge in [0.2, 0.25) is 5.91 Å². The molecule has 2 N–H and O–H groups in total. The van der Waals surface area contributed by atoms with Crippen LogP contribution in [0.15, 0.2) is 11.6 Å². The number of amides is 1. The third-order valence-corrected chi connectivity index (χ3v) is 2.68. The molecule has 1 amide bonds. The Morgan fingerprint density at radius 1 is 1.14 bits per heavy atom. The number of carbonyl (C=O) groups excluding carboxylic acids is 3. The first-order valence-electron chi connectivity index (χ1n) is 6.98. The van der Waals surface area contributed by atoms with Gasteiger partial charge in [-0.05, 0) is 26.7 Å². The summed E-state index contributed by atoms with van der Waals surface area (Å²) in [4.78, 5) is 45.8. The van der Waals surface area contributed by atoms with E-state index in [0.717, 1.165) is 6.08 Å². The third kappa shape index (κ3) is 7.56. The van der Waals surface area contributed by atoms with Crippen molar-refractivity contribution in [1.82, 2.24) is 5.32 Å². The third-order valence-electron chi connectivity index (χ3n) is 2.68. The summed E-state index contributed by atoms with van der Waals surface area (Å²) >= 11 is 0. The Balaban J connectivity index is 4.98. The first-order chi connectivity index (χ1) is 10.0. The minimum atomic E-state index is -1.39. The number of ketones is 1. The van der Waals surface area contributed by atoms with Crippen LogP contribution < -0.4 is 5.32 Å². The number of ether oxygens (including phenoxy) is 1. The Labute approximate surface area is 129 Å². The lowest BCUT2D eigenvalue weighted by molar-refractivity contribution is -0.148. The maximum atomic E-state index is 11.8. The lowest BCUT2D eigenvalue weighted by Gasteiger charge is -2.18. The van der Waals surface area contributed by atoms with E-state index in [9.17, 15) is 19.2 Å². The Morgan fingerprint density at radius 2 is 1.68 bits per heavy atom. The fourth-order valence-electron chi connectivity index (χ4n) is 1.74. The molecule has 0 radical (unpaired) electrons. The van der Waals surface area contributed by atoms with Crippen LogP contribution in [-0.4, -0.2) is 40.9 Å². The number of carboxylic acid groups (broad SMARTS) is 1. The van der Waals surface area contributed by atoms with Crippen LogP contribution in [0.1, 0.15) is 41.0 Å². The summed E-state index contributed by atoms with van der Waals surface area (Å²) in [6, 6.07) is -0.707. The van der Waals surface area contributed by atoms with Crippen molar-refractivity contribution in [3.63, 3.8) is 0 Å². The zero-order valence-corrected chi connectivity index (χ0v) is 13.5. The average molecular weight is 313 g/mol. The first kappa shape index (κ1) is 19.8. The fraction of sp³-hybridized carbons (Fsp3) is 0.600. The fourth-order valence-corrected chi connectivity index (χ4v) is 1.74. The molecule has 7 heteroatoms. The van der Waals surface area contributed by atoms with Gasteiger partial charge in [-0.2, -0.15) is 0 Å². The molecule has 0 aromatic carbocycles. The highest BCUT2D eigenvalue weighted by Crippen LogP contribution is 2.07. The quantitative estimate of drug-likeness (QED) is 0.512. The summed E-state index contributed by atoms with van der Waals surface area (Å²) in [7, 11) is 0. The molecule has 22 heavy (non-hydrogen) atoms. The number of rotatable bonds is 8. The van der Waals surface area contributed by atoms with Gasteiger partial charge in [-0.25, -0.2) is 4.79 Å². The van der Waals surface area contributed by atoms with Gasteiger partial charge in [0, 0.05) is 6.08 Å². The van der Waals surface area contributed by atoms with Crippen molar-refractivity contribution >= 4 is 23.6 Å². The first-order valence-corrected chi connectivity index (χ1v) is 6.98. The molecule has 0 aromatic rings. The maximum Gasteiger partial charge on any atom is 0.332 e. The highest BCUT2D eigenvalue weighted by Gasteiger charge is 2.21. The Kier molecular flexibility index (Phi) is 8.08. The van der Waals surface area contributed by atoms with Crippen LogP contribution >= 0.6 is 0 Å². The van der Waals surface area contributed by atoms with Gasteiger partial charge in [-0.15, -0.1) is 0 Å². The largest absolute Gasteiger partial charge is 0.478 e. The minimum Gasteiger partial charge on any atom is -0.478 e. The molecule has 124 valence electrons. The van der Waals surface area contributed by atoms with Crippen LogP contribution in [-0.2, 0) is 23.9 Å². The van der Waals surface area contributed by atoms with Crippen molar-refractivity contribution in [3.8, 4) is 0 Å². The number of hydrogen-bond acceptors (Lipinski definition) is 5. The Morgan fingerprint density at radius 3 is 2.05 bits per heavy atom. The molecule has 0 bridgehead atoms. The molecule has 0 heterocycles. The topological polar surface area (TPSA) is 110 Å². The van der Waals surface area contributed by atoms with E-state index >= 15 is 0 Å². The molecule has 0 aliphatic rings. The molecule has 7 nitrogen and oxygen atoms in total. The lowest BCUT2D eigenvalue weighted by atomic mass is 10.0. The number of Topliss-reactive ketones (excluding diaryl/α,β-unsaturated/α-hetero) is 1. The van der Waals surface area contributed by atoms with Crippen molar-refractivity contribution in [3.05, 3.63) is 11.6 Å². The lowest BCUT2D eigenvalue weighted by Crippen LogP contribution is -2.42. The van der Waals surface area contributed by atoms with E-state index in [0.29, 0.717) is 0 Å². The van der Waals surface area contributed by atoms with E-state index in [-0.39, 0.29) is 17.8 Å². The van der Waals surface area contributed by atoms with Gasteiger partial charge >= 0.3 is 11.9 Å². The van der Waals surface area contributed by atoms with Gasteiger partial charge in [0.1, 0.15) is 0 Å². The van der Waals surface area contributed by atoms with Crippen LogP contribution in [0.3, 0.4) is 0 Å². The Bertz CT molecular complexity index is 478. The molecule has 0 saturated heterocycles. The predicted octanol–water partition coefficient (Wildman–Crippen LogP) is 1.07. The summed E-state index contributed by atoms with van der Waals surface area (Å²) in [5.41, 5.74) is -0.394. The summed E-state index contributed by atoms with van der Waals surface area (Å²) in [6.45, 7) is 8.12. The second-order valence-electron chi connectivity index (χ2n) is 5.53. The number of nitrogens with one attached hydrogen (secondary N) is 1. The standard InChI is InChI=1S/C15H23NO6/c1-8(2)14(10(5)17)16-12(18)6-11(15(20)21)7-13(19)22-9(3)4/h6,8-9,14H,7H2,1-5H3,(H,16,18)(H,20,21)/b11-6-. The molecule has 0 aliphatic carbocycles. The van der Waals surface area contributed by atoms with Gasteiger partial charge < -0.3 is 15.2 Å². The van der Waals surface area contributed by atoms with Gasteiger partial charge in [0.25, 0.3) is 0 Å². The van der Waals surface area contributed by atoms with E-state index in [4.69, 9.17) is 9.84 Å². The van der Waals surface area contributed by atoms with Crippen LogP contribution in [0.4, 0.5) is 0 Å². The van der Waals surface area contributed by atoms with Crippen LogP contribution in [0.5, 0.6) is 0 Å². The monoisotopic (exact) mass is 313 g/mol. The number of esters is 1. The Hall–Kier alpha value is -2.18.